The highest BCUT2D eigenvalue weighted by Gasteiger charge is 2.25. The van der Waals surface area contributed by atoms with Crippen molar-refractivity contribution in [1.29, 1.82) is 0 Å². The van der Waals surface area contributed by atoms with Gasteiger partial charge in [0.2, 0.25) is 5.91 Å². The van der Waals surface area contributed by atoms with Crippen molar-refractivity contribution in [2.24, 2.45) is 0 Å². The number of piperidine rings is 1. The first-order chi connectivity index (χ1) is 12.7. The lowest BCUT2D eigenvalue weighted by atomic mass is 10.0. The monoisotopic (exact) mass is 375 g/mol. The maximum Gasteiger partial charge on any atom is 0.303 e. The maximum absolute atomic E-state index is 12.3. The Hall–Kier alpha value is -1.75. The number of carbonyl (C=O) groups is 2. The molecule has 5 heteroatoms. The third-order valence-corrected chi connectivity index (χ3v) is 5.49. The van der Waals surface area contributed by atoms with Crippen molar-refractivity contribution in [3.05, 3.63) is 47.4 Å². The van der Waals surface area contributed by atoms with E-state index in [1.54, 1.807) is 11.8 Å². The second kappa shape index (κ2) is 11.8. The summed E-state index contributed by atoms with van der Waals surface area (Å²) < 4.78 is 0. The lowest BCUT2D eigenvalue weighted by Crippen LogP contribution is -2.43. The van der Waals surface area contributed by atoms with E-state index in [2.05, 4.69) is 35.7 Å². The highest BCUT2D eigenvalue weighted by atomic mass is 32.2. The smallest absolute Gasteiger partial charge is 0.303 e. The quantitative estimate of drug-likeness (QED) is 0.562. The largest absolute Gasteiger partial charge is 0.481 e. The fourth-order valence-corrected chi connectivity index (χ4v) is 3.99. The average molecular weight is 376 g/mol. The van der Waals surface area contributed by atoms with Crippen molar-refractivity contribution in [2.75, 3.05) is 6.54 Å². The van der Waals surface area contributed by atoms with E-state index in [-0.39, 0.29) is 18.4 Å². The summed E-state index contributed by atoms with van der Waals surface area (Å²) in [5, 5.41) is 10.8. The number of rotatable bonds is 11. The van der Waals surface area contributed by atoms with Gasteiger partial charge in [-0.05, 0) is 36.7 Å². The van der Waals surface area contributed by atoms with E-state index < -0.39 is 5.97 Å². The van der Waals surface area contributed by atoms with Crippen molar-refractivity contribution in [1.82, 2.24) is 4.90 Å². The van der Waals surface area contributed by atoms with E-state index in [9.17, 15) is 9.59 Å². The molecule has 1 aromatic rings. The lowest BCUT2D eigenvalue weighted by molar-refractivity contribution is -0.137. The zero-order valence-corrected chi connectivity index (χ0v) is 16.1. The number of benzene rings is 1. The van der Waals surface area contributed by atoms with Crippen LogP contribution in [0.2, 0.25) is 0 Å². The Kier molecular flexibility index (Phi) is 9.32. The van der Waals surface area contributed by atoms with Crippen LogP contribution in [0.4, 0.5) is 0 Å². The van der Waals surface area contributed by atoms with Crippen LogP contribution in [0, 0.1) is 0 Å². The third kappa shape index (κ3) is 7.65. The van der Waals surface area contributed by atoms with Gasteiger partial charge in [-0.3, -0.25) is 9.59 Å². The number of unbranched alkanes of at least 4 members (excludes halogenated alkanes) is 3. The van der Waals surface area contributed by atoms with Gasteiger partial charge in [-0.1, -0.05) is 49.2 Å². The minimum absolute atomic E-state index is 0.207. The Balaban J connectivity index is 1.72. The second-order valence-electron chi connectivity index (χ2n) is 6.73. The van der Waals surface area contributed by atoms with Crippen LogP contribution in [0.15, 0.2) is 41.8 Å². The molecule has 0 radical (unpaired) electrons. The van der Waals surface area contributed by atoms with Crippen LogP contribution in [-0.4, -0.2) is 34.5 Å². The molecule has 0 aliphatic carbocycles. The molecule has 1 heterocycles. The molecule has 1 saturated heterocycles. The molecular weight excluding hydrogens is 346 g/mol. The van der Waals surface area contributed by atoms with Crippen LogP contribution < -0.4 is 0 Å². The number of likely N-dealkylation sites (tertiary alicyclic amines) is 1. The van der Waals surface area contributed by atoms with Gasteiger partial charge in [0.05, 0.1) is 6.04 Å². The van der Waals surface area contributed by atoms with Gasteiger partial charge in [0.25, 0.3) is 0 Å². The van der Waals surface area contributed by atoms with Gasteiger partial charge in [-0.25, -0.2) is 0 Å². The summed E-state index contributed by atoms with van der Waals surface area (Å²) in [6.45, 7) is 0.782. The normalized spacial score (nSPS) is 17.8. The molecule has 0 bridgehead atoms. The lowest BCUT2D eigenvalue weighted by Gasteiger charge is -2.34. The standard InChI is InChI=1S/C21H29NO3S/c23-20-12-8-11-19(14-16-26-17-18-9-4-3-5-10-18)22(20)15-7-2-1-6-13-21(24)25/h3-5,9-10,14,16,19H,1-2,6-8,11-13,15,17H2,(H,24,25). The molecule has 1 aliphatic rings. The summed E-state index contributed by atoms with van der Waals surface area (Å²) in [5.74, 6) is 0.473. The fraction of sp³-hybridized carbons (Fsp3) is 0.524. The molecule has 1 atom stereocenters. The number of amides is 1. The van der Waals surface area contributed by atoms with Gasteiger partial charge in [-0.15, -0.1) is 11.8 Å². The van der Waals surface area contributed by atoms with E-state index in [0.29, 0.717) is 6.42 Å². The van der Waals surface area contributed by atoms with Crippen LogP contribution in [0.1, 0.15) is 56.9 Å². The molecule has 0 spiro atoms. The maximum atomic E-state index is 12.3. The third-order valence-electron chi connectivity index (χ3n) is 4.64. The number of hydrogen-bond donors (Lipinski definition) is 1. The Morgan fingerprint density at radius 3 is 2.73 bits per heavy atom. The van der Waals surface area contributed by atoms with E-state index in [1.807, 2.05) is 11.0 Å². The van der Waals surface area contributed by atoms with Gasteiger partial charge in [-0.2, -0.15) is 0 Å². The van der Waals surface area contributed by atoms with E-state index in [4.69, 9.17) is 5.11 Å². The summed E-state index contributed by atoms with van der Waals surface area (Å²) in [6.07, 6.45) is 8.65. The van der Waals surface area contributed by atoms with E-state index in [1.165, 1.54) is 5.56 Å². The van der Waals surface area contributed by atoms with Crippen LogP contribution in [0.25, 0.3) is 0 Å². The molecule has 0 saturated carbocycles. The Morgan fingerprint density at radius 1 is 1.19 bits per heavy atom. The van der Waals surface area contributed by atoms with Crippen LogP contribution >= 0.6 is 11.8 Å². The second-order valence-corrected chi connectivity index (χ2v) is 7.62. The number of aliphatic carboxylic acids is 1. The average Bonchev–Trinajstić information content (AvgIpc) is 2.64. The van der Waals surface area contributed by atoms with Gasteiger partial charge < -0.3 is 10.0 Å². The van der Waals surface area contributed by atoms with Gasteiger partial charge >= 0.3 is 5.97 Å². The van der Waals surface area contributed by atoms with Crippen molar-refractivity contribution in [2.45, 2.75) is 63.2 Å². The highest BCUT2D eigenvalue weighted by Crippen LogP contribution is 2.22. The Labute approximate surface area is 160 Å². The molecular formula is C21H29NO3S. The van der Waals surface area contributed by atoms with Crippen LogP contribution in [0.3, 0.4) is 0 Å². The van der Waals surface area contributed by atoms with Gasteiger partial charge in [0, 0.05) is 25.1 Å². The fourth-order valence-electron chi connectivity index (χ4n) is 3.21. The molecule has 1 aromatic carbocycles. The van der Waals surface area contributed by atoms with E-state index >= 15 is 0 Å². The zero-order chi connectivity index (χ0) is 18.6. The first-order valence-corrected chi connectivity index (χ1v) is 10.5. The number of thioether (sulfide) groups is 1. The first kappa shape index (κ1) is 20.6. The van der Waals surface area contributed by atoms with Gasteiger partial charge in [0.1, 0.15) is 0 Å². The van der Waals surface area contributed by atoms with Gasteiger partial charge in [0.15, 0.2) is 0 Å². The predicted octanol–water partition coefficient (Wildman–Crippen LogP) is 4.85. The highest BCUT2D eigenvalue weighted by molar-refractivity contribution is 8.01. The Bertz CT molecular complexity index is 588. The van der Waals surface area contributed by atoms with E-state index in [0.717, 1.165) is 50.8 Å². The summed E-state index contributed by atoms with van der Waals surface area (Å²) in [7, 11) is 0. The molecule has 142 valence electrons. The Morgan fingerprint density at radius 2 is 1.96 bits per heavy atom. The number of carbonyl (C=O) groups excluding carboxylic acids is 1. The summed E-state index contributed by atoms with van der Waals surface area (Å²) in [4.78, 5) is 24.8. The molecule has 0 aromatic heterocycles. The minimum Gasteiger partial charge on any atom is -0.481 e. The molecule has 1 amide bonds. The predicted molar refractivity (Wildman–Crippen MR) is 107 cm³/mol. The molecule has 1 unspecified atom stereocenters. The summed E-state index contributed by atoms with van der Waals surface area (Å²) in [5.41, 5.74) is 1.31. The van der Waals surface area contributed by atoms with Crippen molar-refractivity contribution < 1.29 is 14.7 Å². The van der Waals surface area contributed by atoms with Crippen molar-refractivity contribution >= 4 is 23.6 Å². The van der Waals surface area contributed by atoms with Crippen molar-refractivity contribution in [3.8, 4) is 0 Å². The SMILES string of the molecule is O=C(O)CCCCCCN1C(=O)CCCC1C=CSCc1ccccc1. The summed E-state index contributed by atoms with van der Waals surface area (Å²) >= 11 is 1.77. The molecule has 4 nitrogen and oxygen atoms in total. The van der Waals surface area contributed by atoms with Crippen LogP contribution in [0.5, 0.6) is 0 Å². The molecule has 2 rings (SSSR count). The number of carboxylic acids is 1. The minimum atomic E-state index is -0.727. The molecule has 1 fully saturated rings. The number of hydrogen-bond acceptors (Lipinski definition) is 3. The molecule has 26 heavy (non-hydrogen) atoms. The zero-order valence-electron chi connectivity index (χ0n) is 15.3. The number of nitrogens with zero attached hydrogens (tertiary/aromatic N) is 1. The molecule has 1 N–H and O–H groups in total. The number of carboxylic acid groups (broad SMARTS) is 1. The van der Waals surface area contributed by atoms with Crippen molar-refractivity contribution in [3.63, 3.8) is 0 Å². The molecule has 1 aliphatic heterocycles. The topological polar surface area (TPSA) is 57.6 Å². The van der Waals surface area contributed by atoms with Crippen LogP contribution in [-0.2, 0) is 15.3 Å². The summed E-state index contributed by atoms with van der Waals surface area (Å²) in [6, 6.07) is 10.6. The first-order valence-electron chi connectivity index (χ1n) is 9.50.